The van der Waals surface area contributed by atoms with Crippen LogP contribution in [-0.2, 0) is 6.42 Å². The molecule has 0 spiro atoms. The second kappa shape index (κ2) is 13.3. The fraction of sp³-hybridized carbons (Fsp3) is 0.767. The van der Waals surface area contributed by atoms with Gasteiger partial charge in [-0.1, -0.05) is 83.1 Å². The van der Waals surface area contributed by atoms with Crippen LogP contribution in [0.15, 0.2) is 24.3 Å². The van der Waals surface area contributed by atoms with E-state index in [4.69, 9.17) is 0 Å². The predicted octanol–water partition coefficient (Wildman–Crippen LogP) is 9.22. The molecule has 0 radical (unpaired) electrons. The average Bonchev–Trinajstić information content (AvgIpc) is 2.82. The first kappa shape index (κ1) is 24.4. The summed E-state index contributed by atoms with van der Waals surface area (Å²) in [6.07, 6.45) is 21.2. The summed E-state index contributed by atoms with van der Waals surface area (Å²) < 4.78 is 0. The van der Waals surface area contributed by atoms with Crippen LogP contribution in [0, 0.1) is 35.0 Å². The van der Waals surface area contributed by atoms with Crippen LogP contribution in [0.2, 0.25) is 0 Å². The van der Waals surface area contributed by atoms with Gasteiger partial charge in [-0.15, -0.1) is 0 Å². The van der Waals surface area contributed by atoms with Crippen LogP contribution in [0.3, 0.4) is 0 Å². The van der Waals surface area contributed by atoms with Crippen molar-refractivity contribution in [3.05, 3.63) is 35.4 Å². The predicted molar refractivity (Wildman–Crippen MR) is 133 cm³/mol. The van der Waals surface area contributed by atoms with E-state index in [0.717, 1.165) is 17.8 Å². The average molecular weight is 422 g/mol. The van der Waals surface area contributed by atoms with E-state index in [2.05, 4.69) is 44.2 Å². The highest BCUT2D eigenvalue weighted by Crippen LogP contribution is 2.42. The normalized spacial score (nSPS) is 27.5. The quantitative estimate of drug-likeness (QED) is 0.327. The molecule has 2 fully saturated rings. The molecule has 2 aliphatic carbocycles. The van der Waals surface area contributed by atoms with Crippen molar-refractivity contribution in [3.8, 4) is 6.07 Å². The van der Waals surface area contributed by atoms with Crippen molar-refractivity contribution in [3.63, 3.8) is 0 Å². The van der Waals surface area contributed by atoms with Gasteiger partial charge in [-0.3, -0.25) is 0 Å². The third kappa shape index (κ3) is 7.66. The first-order chi connectivity index (χ1) is 15.2. The molecule has 0 amide bonds. The second-order valence-electron chi connectivity index (χ2n) is 10.8. The number of nitriles is 1. The van der Waals surface area contributed by atoms with E-state index >= 15 is 0 Å². The van der Waals surface area contributed by atoms with Gasteiger partial charge in [-0.05, 0) is 92.6 Å². The van der Waals surface area contributed by atoms with E-state index in [1.807, 2.05) is 0 Å². The zero-order chi connectivity index (χ0) is 21.9. The highest BCUT2D eigenvalue weighted by atomic mass is 14.4. The van der Waals surface area contributed by atoms with E-state index in [0.29, 0.717) is 11.8 Å². The first-order valence-corrected chi connectivity index (χ1v) is 13.7. The molecule has 0 aromatic heterocycles. The Balaban J connectivity index is 1.40. The minimum Gasteiger partial charge on any atom is -0.198 e. The summed E-state index contributed by atoms with van der Waals surface area (Å²) >= 11 is 0. The standard InChI is InChI=1S/C30H47N/c1-3-5-6-7-9-25-12-16-27(17-13-25)28-20-14-26(15-21-28)22-30(23-31)29-18-10-24(8-4-2)11-19-29/h12-13,16-17,24,26,28-30H,3-11,14-15,18-22H2,1-2H3/t24-,26-,28-,29-,30?. The van der Waals surface area contributed by atoms with Crippen molar-refractivity contribution in [2.45, 2.75) is 122 Å². The maximum Gasteiger partial charge on any atom is 0.0658 e. The second-order valence-corrected chi connectivity index (χ2v) is 10.8. The molecular weight excluding hydrogens is 374 g/mol. The van der Waals surface area contributed by atoms with Crippen molar-refractivity contribution in [1.29, 1.82) is 5.26 Å². The Kier molecular flexibility index (Phi) is 10.5. The fourth-order valence-corrected chi connectivity index (χ4v) is 6.44. The van der Waals surface area contributed by atoms with Crippen LogP contribution in [0.4, 0.5) is 0 Å². The van der Waals surface area contributed by atoms with E-state index in [9.17, 15) is 5.26 Å². The highest BCUT2D eigenvalue weighted by Gasteiger charge is 2.31. The summed E-state index contributed by atoms with van der Waals surface area (Å²) in [6, 6.07) is 12.3. The Morgan fingerprint density at radius 2 is 1.48 bits per heavy atom. The van der Waals surface area contributed by atoms with Gasteiger partial charge in [0.1, 0.15) is 0 Å². The molecule has 1 aromatic carbocycles. The number of hydrogen-bond donors (Lipinski definition) is 0. The molecule has 3 rings (SSSR count). The van der Waals surface area contributed by atoms with Crippen molar-refractivity contribution in [2.24, 2.45) is 23.7 Å². The molecular formula is C30H47N. The van der Waals surface area contributed by atoms with Crippen molar-refractivity contribution < 1.29 is 0 Å². The summed E-state index contributed by atoms with van der Waals surface area (Å²) in [6.45, 7) is 4.59. The molecule has 1 aromatic rings. The number of benzene rings is 1. The molecule has 1 heteroatoms. The summed E-state index contributed by atoms with van der Waals surface area (Å²) in [5, 5.41) is 9.88. The van der Waals surface area contributed by atoms with Gasteiger partial charge in [0.05, 0.1) is 6.07 Å². The number of aryl methyl sites for hydroxylation is 1. The maximum absolute atomic E-state index is 9.88. The molecule has 2 aliphatic rings. The van der Waals surface area contributed by atoms with Crippen LogP contribution < -0.4 is 0 Å². The van der Waals surface area contributed by atoms with E-state index in [1.54, 1.807) is 5.56 Å². The third-order valence-corrected chi connectivity index (χ3v) is 8.53. The van der Waals surface area contributed by atoms with E-state index in [1.165, 1.54) is 108 Å². The molecule has 2 saturated carbocycles. The van der Waals surface area contributed by atoms with Crippen LogP contribution in [0.1, 0.15) is 127 Å². The summed E-state index contributed by atoms with van der Waals surface area (Å²) in [5.41, 5.74) is 3.07. The van der Waals surface area contributed by atoms with Crippen molar-refractivity contribution >= 4 is 0 Å². The Bertz CT molecular complexity index is 638. The van der Waals surface area contributed by atoms with Gasteiger partial charge in [0, 0.05) is 5.92 Å². The molecule has 1 unspecified atom stereocenters. The van der Waals surface area contributed by atoms with Gasteiger partial charge in [0.15, 0.2) is 0 Å². The lowest BCUT2D eigenvalue weighted by Crippen LogP contribution is -2.24. The minimum absolute atomic E-state index is 0.316. The molecule has 0 bridgehead atoms. The third-order valence-electron chi connectivity index (χ3n) is 8.53. The number of unbranched alkanes of at least 4 members (excludes halogenated alkanes) is 3. The molecule has 31 heavy (non-hydrogen) atoms. The summed E-state index contributed by atoms with van der Waals surface area (Å²) in [7, 11) is 0. The van der Waals surface area contributed by atoms with Gasteiger partial charge in [0.25, 0.3) is 0 Å². The molecule has 0 N–H and O–H groups in total. The molecule has 1 nitrogen and oxygen atoms in total. The lowest BCUT2D eigenvalue weighted by Gasteiger charge is -2.34. The van der Waals surface area contributed by atoms with Crippen molar-refractivity contribution in [2.75, 3.05) is 0 Å². The molecule has 0 aliphatic heterocycles. The molecule has 1 atom stereocenters. The smallest absolute Gasteiger partial charge is 0.0658 e. The Morgan fingerprint density at radius 1 is 0.806 bits per heavy atom. The number of rotatable bonds is 11. The van der Waals surface area contributed by atoms with Gasteiger partial charge in [0.2, 0.25) is 0 Å². The van der Waals surface area contributed by atoms with Crippen LogP contribution >= 0.6 is 0 Å². The number of nitrogens with zero attached hydrogens (tertiary/aromatic N) is 1. The minimum atomic E-state index is 0.316. The largest absolute Gasteiger partial charge is 0.198 e. The van der Waals surface area contributed by atoms with E-state index < -0.39 is 0 Å². The highest BCUT2D eigenvalue weighted by molar-refractivity contribution is 5.26. The molecule has 0 heterocycles. The van der Waals surface area contributed by atoms with E-state index in [-0.39, 0.29) is 0 Å². The van der Waals surface area contributed by atoms with Gasteiger partial charge >= 0.3 is 0 Å². The van der Waals surface area contributed by atoms with Crippen LogP contribution in [0.5, 0.6) is 0 Å². The van der Waals surface area contributed by atoms with Gasteiger partial charge < -0.3 is 0 Å². The van der Waals surface area contributed by atoms with Crippen molar-refractivity contribution in [1.82, 2.24) is 0 Å². The zero-order valence-corrected chi connectivity index (χ0v) is 20.5. The molecule has 172 valence electrons. The first-order valence-electron chi connectivity index (χ1n) is 13.7. The Hall–Kier alpha value is -1.29. The monoisotopic (exact) mass is 421 g/mol. The molecule has 0 saturated heterocycles. The summed E-state index contributed by atoms with van der Waals surface area (Å²) in [5.74, 6) is 3.47. The lowest BCUT2D eigenvalue weighted by molar-refractivity contribution is 0.189. The topological polar surface area (TPSA) is 23.8 Å². The lowest BCUT2D eigenvalue weighted by atomic mass is 9.70. The van der Waals surface area contributed by atoms with Crippen LogP contribution in [0.25, 0.3) is 0 Å². The maximum atomic E-state index is 9.88. The fourth-order valence-electron chi connectivity index (χ4n) is 6.44. The summed E-state index contributed by atoms with van der Waals surface area (Å²) in [4.78, 5) is 0. The van der Waals surface area contributed by atoms with Gasteiger partial charge in [-0.2, -0.15) is 5.26 Å². The van der Waals surface area contributed by atoms with Gasteiger partial charge in [-0.25, -0.2) is 0 Å². The Labute approximate surface area is 193 Å². The Morgan fingerprint density at radius 3 is 2.10 bits per heavy atom. The SMILES string of the molecule is CCCCCCc1ccc([C@H]2CC[C@H](CC(C#N)[C@H]3CC[C@H](CCC)CC3)CC2)cc1. The van der Waals surface area contributed by atoms with Crippen LogP contribution in [-0.4, -0.2) is 0 Å². The number of hydrogen-bond acceptors (Lipinski definition) is 1. The zero-order valence-electron chi connectivity index (χ0n) is 20.5.